The number of piperidine rings is 1. The molecule has 0 saturated carbocycles. The normalized spacial score (nSPS) is 15.9. The van der Waals surface area contributed by atoms with Gasteiger partial charge >= 0.3 is 0 Å². The summed E-state index contributed by atoms with van der Waals surface area (Å²) in [4.78, 5) is 14.2. The Kier molecular flexibility index (Phi) is 5.41. The minimum atomic E-state index is 0.0383. The SMILES string of the molecule is COc1ccccc1C(=O)N(C)CCC1CCNCC1. The van der Waals surface area contributed by atoms with Gasteiger partial charge in [-0.3, -0.25) is 4.79 Å². The number of hydrogen-bond donors (Lipinski definition) is 1. The molecule has 110 valence electrons. The minimum Gasteiger partial charge on any atom is -0.496 e. The van der Waals surface area contributed by atoms with Crippen molar-refractivity contribution in [1.29, 1.82) is 0 Å². The fraction of sp³-hybridized carbons (Fsp3) is 0.562. The van der Waals surface area contributed by atoms with Gasteiger partial charge in [0.05, 0.1) is 12.7 Å². The van der Waals surface area contributed by atoms with Gasteiger partial charge in [0.25, 0.3) is 5.91 Å². The van der Waals surface area contributed by atoms with Crippen molar-refractivity contribution >= 4 is 5.91 Å². The van der Waals surface area contributed by atoms with Crippen LogP contribution in [0.25, 0.3) is 0 Å². The highest BCUT2D eigenvalue weighted by atomic mass is 16.5. The zero-order valence-corrected chi connectivity index (χ0v) is 12.4. The highest BCUT2D eigenvalue weighted by molar-refractivity contribution is 5.96. The van der Waals surface area contributed by atoms with Crippen LogP contribution in [-0.4, -0.2) is 44.6 Å². The second-order valence-corrected chi connectivity index (χ2v) is 5.41. The van der Waals surface area contributed by atoms with Crippen LogP contribution in [0.5, 0.6) is 5.75 Å². The number of para-hydroxylation sites is 1. The Balaban J connectivity index is 1.90. The number of rotatable bonds is 5. The fourth-order valence-electron chi connectivity index (χ4n) is 2.68. The van der Waals surface area contributed by atoms with Crippen LogP contribution in [0.4, 0.5) is 0 Å². The van der Waals surface area contributed by atoms with E-state index in [1.165, 1.54) is 12.8 Å². The molecule has 4 heteroatoms. The second-order valence-electron chi connectivity index (χ2n) is 5.41. The largest absolute Gasteiger partial charge is 0.496 e. The molecule has 1 aliphatic heterocycles. The van der Waals surface area contributed by atoms with Crippen molar-refractivity contribution in [3.63, 3.8) is 0 Å². The van der Waals surface area contributed by atoms with E-state index in [-0.39, 0.29) is 5.91 Å². The predicted octanol–water partition coefficient (Wildman–Crippen LogP) is 2.16. The number of methoxy groups -OCH3 is 1. The molecule has 1 heterocycles. The van der Waals surface area contributed by atoms with Crippen LogP contribution in [0, 0.1) is 5.92 Å². The van der Waals surface area contributed by atoms with Crippen molar-refractivity contribution in [3.8, 4) is 5.75 Å². The van der Waals surface area contributed by atoms with E-state index in [4.69, 9.17) is 4.74 Å². The van der Waals surface area contributed by atoms with Gasteiger partial charge in [0.15, 0.2) is 0 Å². The highest BCUT2D eigenvalue weighted by Crippen LogP contribution is 2.20. The summed E-state index contributed by atoms with van der Waals surface area (Å²) in [5, 5.41) is 3.37. The Labute approximate surface area is 121 Å². The van der Waals surface area contributed by atoms with Crippen LogP contribution in [0.2, 0.25) is 0 Å². The van der Waals surface area contributed by atoms with Gasteiger partial charge in [-0.15, -0.1) is 0 Å². The second kappa shape index (κ2) is 7.29. The summed E-state index contributed by atoms with van der Waals surface area (Å²) in [6.45, 7) is 3.02. The van der Waals surface area contributed by atoms with Crippen LogP contribution < -0.4 is 10.1 Å². The Morgan fingerprint density at radius 3 is 2.75 bits per heavy atom. The zero-order chi connectivity index (χ0) is 14.4. The van der Waals surface area contributed by atoms with Crippen LogP contribution in [0.3, 0.4) is 0 Å². The van der Waals surface area contributed by atoms with E-state index in [9.17, 15) is 4.79 Å². The van der Waals surface area contributed by atoms with Crippen molar-refractivity contribution < 1.29 is 9.53 Å². The maximum Gasteiger partial charge on any atom is 0.257 e. The quantitative estimate of drug-likeness (QED) is 0.896. The summed E-state index contributed by atoms with van der Waals surface area (Å²) in [6.07, 6.45) is 3.52. The molecular formula is C16H24N2O2. The van der Waals surface area contributed by atoms with Crippen molar-refractivity contribution in [2.45, 2.75) is 19.3 Å². The van der Waals surface area contributed by atoms with Crippen LogP contribution in [-0.2, 0) is 0 Å². The lowest BCUT2D eigenvalue weighted by atomic mass is 9.94. The van der Waals surface area contributed by atoms with Gasteiger partial charge in [-0.05, 0) is 50.4 Å². The molecule has 1 amide bonds. The summed E-state index contributed by atoms with van der Waals surface area (Å²) in [7, 11) is 3.47. The molecule has 1 aromatic rings. The van der Waals surface area contributed by atoms with E-state index in [1.54, 1.807) is 12.0 Å². The molecule has 4 nitrogen and oxygen atoms in total. The first-order valence-corrected chi connectivity index (χ1v) is 7.31. The molecule has 1 N–H and O–H groups in total. The first kappa shape index (κ1) is 14.9. The average Bonchev–Trinajstić information content (AvgIpc) is 2.52. The van der Waals surface area contributed by atoms with E-state index in [2.05, 4.69) is 5.32 Å². The average molecular weight is 276 g/mol. The molecule has 0 radical (unpaired) electrons. The van der Waals surface area contributed by atoms with E-state index in [0.717, 1.165) is 32.0 Å². The number of benzene rings is 1. The van der Waals surface area contributed by atoms with Gasteiger partial charge in [0, 0.05) is 13.6 Å². The molecule has 0 bridgehead atoms. The summed E-state index contributed by atoms with van der Waals surface area (Å²) < 4.78 is 5.26. The number of amides is 1. The Morgan fingerprint density at radius 1 is 1.35 bits per heavy atom. The molecule has 1 aromatic carbocycles. The molecule has 0 aromatic heterocycles. The third-order valence-corrected chi connectivity index (χ3v) is 4.02. The first-order valence-electron chi connectivity index (χ1n) is 7.31. The molecule has 0 unspecified atom stereocenters. The monoisotopic (exact) mass is 276 g/mol. The van der Waals surface area contributed by atoms with E-state index in [1.807, 2.05) is 31.3 Å². The predicted molar refractivity (Wildman–Crippen MR) is 80.2 cm³/mol. The van der Waals surface area contributed by atoms with Gasteiger partial charge < -0.3 is 15.0 Å². The van der Waals surface area contributed by atoms with E-state index < -0.39 is 0 Å². The van der Waals surface area contributed by atoms with Gasteiger partial charge in [0.2, 0.25) is 0 Å². The van der Waals surface area contributed by atoms with Gasteiger partial charge in [-0.25, -0.2) is 0 Å². The summed E-state index contributed by atoms with van der Waals surface area (Å²) >= 11 is 0. The summed E-state index contributed by atoms with van der Waals surface area (Å²) in [5.74, 6) is 1.42. The topological polar surface area (TPSA) is 41.6 Å². The Bertz CT molecular complexity index is 442. The number of nitrogens with zero attached hydrogens (tertiary/aromatic N) is 1. The van der Waals surface area contributed by atoms with E-state index >= 15 is 0 Å². The summed E-state index contributed by atoms with van der Waals surface area (Å²) in [6, 6.07) is 7.40. The molecule has 1 saturated heterocycles. The standard InChI is InChI=1S/C16H24N2O2/c1-18(12-9-13-7-10-17-11-8-13)16(19)14-5-3-4-6-15(14)20-2/h3-6,13,17H,7-12H2,1-2H3. The molecular weight excluding hydrogens is 252 g/mol. The molecule has 1 fully saturated rings. The third kappa shape index (κ3) is 3.73. The van der Waals surface area contributed by atoms with Gasteiger partial charge in [0.1, 0.15) is 5.75 Å². The van der Waals surface area contributed by atoms with Gasteiger partial charge in [-0.1, -0.05) is 12.1 Å². The van der Waals surface area contributed by atoms with Crippen LogP contribution in [0.15, 0.2) is 24.3 Å². The Hall–Kier alpha value is -1.55. The summed E-state index contributed by atoms with van der Waals surface area (Å²) in [5.41, 5.74) is 0.641. The maximum absolute atomic E-state index is 12.4. The molecule has 20 heavy (non-hydrogen) atoms. The fourth-order valence-corrected chi connectivity index (χ4v) is 2.68. The first-order chi connectivity index (χ1) is 9.72. The van der Waals surface area contributed by atoms with Crippen molar-refractivity contribution in [1.82, 2.24) is 10.2 Å². The van der Waals surface area contributed by atoms with Crippen LogP contribution in [0.1, 0.15) is 29.6 Å². The maximum atomic E-state index is 12.4. The molecule has 1 aliphatic rings. The van der Waals surface area contributed by atoms with Crippen molar-refractivity contribution in [2.24, 2.45) is 5.92 Å². The van der Waals surface area contributed by atoms with Gasteiger partial charge in [-0.2, -0.15) is 0 Å². The number of ether oxygens (including phenoxy) is 1. The smallest absolute Gasteiger partial charge is 0.257 e. The highest BCUT2D eigenvalue weighted by Gasteiger charge is 2.18. The molecule has 0 atom stereocenters. The minimum absolute atomic E-state index is 0.0383. The lowest BCUT2D eigenvalue weighted by Gasteiger charge is -2.25. The number of carbonyl (C=O) groups is 1. The number of carbonyl (C=O) groups excluding carboxylic acids is 1. The van der Waals surface area contributed by atoms with E-state index in [0.29, 0.717) is 11.3 Å². The molecule has 0 spiro atoms. The molecule has 2 rings (SSSR count). The zero-order valence-electron chi connectivity index (χ0n) is 12.4. The lowest BCUT2D eigenvalue weighted by Crippen LogP contribution is -2.32. The van der Waals surface area contributed by atoms with Crippen molar-refractivity contribution in [2.75, 3.05) is 33.8 Å². The number of nitrogens with one attached hydrogen (secondary N) is 1. The van der Waals surface area contributed by atoms with Crippen LogP contribution >= 0.6 is 0 Å². The number of hydrogen-bond acceptors (Lipinski definition) is 3. The lowest BCUT2D eigenvalue weighted by molar-refractivity contribution is 0.0781. The Morgan fingerprint density at radius 2 is 2.05 bits per heavy atom. The van der Waals surface area contributed by atoms with Crippen molar-refractivity contribution in [3.05, 3.63) is 29.8 Å². The molecule has 0 aliphatic carbocycles. The third-order valence-electron chi connectivity index (χ3n) is 4.02.